The van der Waals surface area contributed by atoms with E-state index in [0.29, 0.717) is 24.3 Å². The Balaban J connectivity index is 1.56. The molecule has 1 aliphatic heterocycles. The van der Waals surface area contributed by atoms with Crippen LogP contribution >= 0.6 is 11.3 Å². The quantitative estimate of drug-likeness (QED) is 0.792. The molecule has 0 bridgehead atoms. The fourth-order valence-electron chi connectivity index (χ4n) is 2.81. The van der Waals surface area contributed by atoms with E-state index in [4.69, 9.17) is 4.74 Å². The third-order valence-corrected chi connectivity index (χ3v) is 4.92. The number of hydrogen-bond donors (Lipinski definition) is 1. The number of nitrogens with zero attached hydrogens (tertiary/aromatic N) is 1. The van der Waals surface area contributed by atoms with E-state index >= 15 is 0 Å². The van der Waals surface area contributed by atoms with Gasteiger partial charge in [0.25, 0.3) is 11.8 Å². The monoisotopic (exact) mass is 394 g/mol. The molecule has 0 aliphatic carbocycles. The number of thiophene rings is 1. The van der Waals surface area contributed by atoms with Crippen molar-refractivity contribution < 1.29 is 27.9 Å². The van der Waals surface area contributed by atoms with Crippen molar-refractivity contribution in [2.24, 2.45) is 0 Å². The Morgan fingerprint density at radius 3 is 2.81 bits per heavy atom. The van der Waals surface area contributed by atoms with Gasteiger partial charge in [0.05, 0.1) is 10.6 Å². The molecule has 3 rings (SSSR count). The number of nitrogens with one attached hydrogen (secondary N) is 1. The van der Waals surface area contributed by atoms with E-state index < -0.39 is 36.2 Å². The van der Waals surface area contributed by atoms with Gasteiger partial charge in [-0.15, -0.1) is 11.3 Å². The lowest BCUT2D eigenvalue weighted by atomic mass is 10.2. The number of ether oxygens (including phenoxy) is 1. The van der Waals surface area contributed by atoms with Crippen LogP contribution in [-0.2, 0) is 14.3 Å². The lowest BCUT2D eigenvalue weighted by molar-refractivity contribution is -0.151. The normalized spacial score (nSPS) is 16.2. The second-order valence-corrected chi connectivity index (χ2v) is 6.86. The van der Waals surface area contributed by atoms with Gasteiger partial charge in [-0.3, -0.25) is 9.59 Å². The first kappa shape index (κ1) is 19.0. The predicted molar refractivity (Wildman–Crippen MR) is 94.3 cm³/mol. The Hall–Kier alpha value is -2.81. The molecule has 0 saturated carbocycles. The van der Waals surface area contributed by atoms with Crippen LogP contribution in [0.5, 0.6) is 0 Å². The summed E-state index contributed by atoms with van der Waals surface area (Å²) in [6, 6.07) is 5.28. The average molecular weight is 394 g/mol. The fraction of sp³-hybridized carbons (Fsp3) is 0.278. The van der Waals surface area contributed by atoms with Gasteiger partial charge in [0.15, 0.2) is 6.61 Å². The molecule has 1 saturated heterocycles. The second kappa shape index (κ2) is 8.26. The zero-order chi connectivity index (χ0) is 19.4. The van der Waals surface area contributed by atoms with Gasteiger partial charge in [-0.2, -0.15) is 0 Å². The van der Waals surface area contributed by atoms with Crippen LogP contribution in [0.4, 0.5) is 14.5 Å². The summed E-state index contributed by atoms with van der Waals surface area (Å²) in [5, 5.41) is 3.91. The van der Waals surface area contributed by atoms with Gasteiger partial charge in [0.1, 0.15) is 17.7 Å². The summed E-state index contributed by atoms with van der Waals surface area (Å²) in [5.74, 6) is -3.28. The Labute approximate surface area is 157 Å². The summed E-state index contributed by atoms with van der Waals surface area (Å²) in [6.07, 6.45) is 1.09. The summed E-state index contributed by atoms with van der Waals surface area (Å²) in [7, 11) is 0. The lowest BCUT2D eigenvalue weighted by Crippen LogP contribution is -2.41. The Kier molecular flexibility index (Phi) is 5.80. The van der Waals surface area contributed by atoms with Crippen molar-refractivity contribution in [2.75, 3.05) is 18.5 Å². The molecule has 1 aromatic carbocycles. The van der Waals surface area contributed by atoms with E-state index in [1.54, 1.807) is 17.5 Å². The Morgan fingerprint density at radius 2 is 2.07 bits per heavy atom. The van der Waals surface area contributed by atoms with Crippen LogP contribution in [-0.4, -0.2) is 41.9 Å². The molecule has 1 aromatic heterocycles. The van der Waals surface area contributed by atoms with Gasteiger partial charge in [-0.1, -0.05) is 6.07 Å². The topological polar surface area (TPSA) is 75.7 Å². The molecule has 0 unspecified atom stereocenters. The van der Waals surface area contributed by atoms with Gasteiger partial charge >= 0.3 is 5.97 Å². The van der Waals surface area contributed by atoms with Crippen molar-refractivity contribution in [3.05, 3.63) is 52.2 Å². The van der Waals surface area contributed by atoms with E-state index in [0.717, 1.165) is 18.2 Å². The van der Waals surface area contributed by atoms with E-state index in [9.17, 15) is 23.2 Å². The summed E-state index contributed by atoms with van der Waals surface area (Å²) in [5.41, 5.74) is -0.341. The van der Waals surface area contributed by atoms with Crippen molar-refractivity contribution in [1.82, 2.24) is 4.90 Å². The molecule has 2 amide bonds. The maximum Gasteiger partial charge on any atom is 0.329 e. The summed E-state index contributed by atoms with van der Waals surface area (Å²) in [4.78, 5) is 38.5. The number of benzene rings is 1. The van der Waals surface area contributed by atoms with Crippen molar-refractivity contribution in [1.29, 1.82) is 0 Å². The molecule has 1 N–H and O–H groups in total. The summed E-state index contributed by atoms with van der Waals surface area (Å²) < 4.78 is 31.6. The minimum atomic E-state index is -0.806. The zero-order valence-corrected chi connectivity index (χ0v) is 14.9. The molecule has 0 spiro atoms. The molecule has 9 heteroatoms. The molecule has 1 aliphatic rings. The molecule has 0 radical (unpaired) electrons. The Bertz CT molecular complexity index is 857. The third kappa shape index (κ3) is 4.48. The number of likely N-dealkylation sites (tertiary alicyclic amines) is 1. The number of esters is 1. The number of carbonyl (C=O) groups excluding carboxylic acids is 3. The zero-order valence-electron chi connectivity index (χ0n) is 14.1. The summed E-state index contributed by atoms with van der Waals surface area (Å²) >= 11 is 1.28. The molecule has 1 atom stereocenters. The molecule has 142 valence electrons. The first-order valence-corrected chi connectivity index (χ1v) is 9.09. The molecule has 2 aromatic rings. The predicted octanol–water partition coefficient (Wildman–Crippen LogP) is 2.81. The number of rotatable bonds is 5. The van der Waals surface area contributed by atoms with Crippen molar-refractivity contribution in [3.63, 3.8) is 0 Å². The maximum absolute atomic E-state index is 13.5. The van der Waals surface area contributed by atoms with Gasteiger partial charge in [-0.05, 0) is 36.4 Å². The third-order valence-electron chi connectivity index (χ3n) is 4.07. The largest absolute Gasteiger partial charge is 0.454 e. The average Bonchev–Trinajstić information content (AvgIpc) is 3.34. The maximum atomic E-state index is 13.5. The van der Waals surface area contributed by atoms with E-state index in [2.05, 4.69) is 5.32 Å². The number of halogens is 2. The van der Waals surface area contributed by atoms with Gasteiger partial charge in [-0.25, -0.2) is 13.6 Å². The smallest absolute Gasteiger partial charge is 0.329 e. The van der Waals surface area contributed by atoms with Crippen LogP contribution in [0.1, 0.15) is 22.5 Å². The van der Waals surface area contributed by atoms with Crippen LogP contribution in [0.2, 0.25) is 0 Å². The van der Waals surface area contributed by atoms with E-state index in [1.807, 2.05) is 0 Å². The number of anilines is 1. The first-order valence-electron chi connectivity index (χ1n) is 8.21. The lowest BCUT2D eigenvalue weighted by Gasteiger charge is -2.22. The highest BCUT2D eigenvalue weighted by Gasteiger charge is 2.36. The van der Waals surface area contributed by atoms with Gasteiger partial charge in [0, 0.05) is 12.6 Å². The van der Waals surface area contributed by atoms with Crippen LogP contribution in [0.15, 0.2) is 35.7 Å². The van der Waals surface area contributed by atoms with Crippen LogP contribution in [0.3, 0.4) is 0 Å². The molecule has 6 nitrogen and oxygen atoms in total. The van der Waals surface area contributed by atoms with Crippen LogP contribution in [0, 0.1) is 11.6 Å². The molecular formula is C18H16F2N2O4S. The Morgan fingerprint density at radius 1 is 1.26 bits per heavy atom. The minimum Gasteiger partial charge on any atom is -0.454 e. The number of carbonyl (C=O) groups is 3. The van der Waals surface area contributed by atoms with E-state index in [1.165, 1.54) is 16.2 Å². The van der Waals surface area contributed by atoms with Crippen molar-refractivity contribution in [3.8, 4) is 0 Å². The molecular weight excluding hydrogens is 378 g/mol. The summed E-state index contributed by atoms with van der Waals surface area (Å²) in [6.45, 7) is -0.233. The highest BCUT2D eigenvalue weighted by atomic mass is 32.1. The molecule has 27 heavy (non-hydrogen) atoms. The fourth-order valence-corrected chi connectivity index (χ4v) is 3.49. The van der Waals surface area contributed by atoms with Crippen molar-refractivity contribution >= 4 is 34.8 Å². The van der Waals surface area contributed by atoms with Gasteiger partial charge < -0.3 is 15.0 Å². The molecule has 2 heterocycles. The first-order chi connectivity index (χ1) is 13.0. The highest BCUT2D eigenvalue weighted by Crippen LogP contribution is 2.23. The standard InChI is InChI=1S/C18H16F2N2O4S/c19-11-5-6-12(20)13(9-11)21-16(23)10-26-18(25)14-3-1-7-22(14)17(24)15-4-2-8-27-15/h2,4-6,8-9,14H,1,3,7,10H2,(H,21,23)/t14-/m0/s1. The van der Waals surface area contributed by atoms with Crippen LogP contribution in [0.25, 0.3) is 0 Å². The SMILES string of the molecule is O=C(COC(=O)[C@@H]1CCCN1C(=O)c1cccs1)Nc1cc(F)ccc1F. The van der Waals surface area contributed by atoms with Gasteiger partial charge in [0.2, 0.25) is 0 Å². The number of amides is 2. The molecule has 1 fully saturated rings. The van der Waals surface area contributed by atoms with E-state index in [-0.39, 0.29) is 11.6 Å². The highest BCUT2D eigenvalue weighted by molar-refractivity contribution is 7.12. The second-order valence-electron chi connectivity index (χ2n) is 5.91. The van der Waals surface area contributed by atoms with Crippen molar-refractivity contribution in [2.45, 2.75) is 18.9 Å². The number of hydrogen-bond acceptors (Lipinski definition) is 5. The van der Waals surface area contributed by atoms with Crippen LogP contribution < -0.4 is 5.32 Å². The minimum absolute atomic E-state index is 0.254.